The van der Waals surface area contributed by atoms with Crippen molar-refractivity contribution in [1.82, 2.24) is 9.13 Å². The van der Waals surface area contributed by atoms with Gasteiger partial charge in [0.25, 0.3) is 0 Å². The van der Waals surface area contributed by atoms with E-state index in [0.29, 0.717) is 0 Å². The summed E-state index contributed by atoms with van der Waals surface area (Å²) < 4.78 is 4.90. The van der Waals surface area contributed by atoms with Crippen molar-refractivity contribution in [3.63, 3.8) is 0 Å². The first-order valence-electron chi connectivity index (χ1n) is 19.2. The fourth-order valence-corrected chi connectivity index (χ4v) is 10.5. The molecule has 8 aromatic carbocycles. The van der Waals surface area contributed by atoms with Crippen LogP contribution in [0.25, 0.3) is 88.0 Å². The van der Waals surface area contributed by atoms with Crippen LogP contribution in [-0.4, -0.2) is 9.13 Å². The van der Waals surface area contributed by atoms with Gasteiger partial charge in [-0.05, 0) is 110 Å². The Kier molecular flexibility index (Phi) is 5.68. The van der Waals surface area contributed by atoms with E-state index in [1.54, 1.807) is 0 Å². The van der Waals surface area contributed by atoms with Gasteiger partial charge in [-0.2, -0.15) is 0 Å². The molecule has 10 aromatic rings. The number of nitrogens with zero attached hydrogens (tertiary/aromatic N) is 2. The molecule has 0 atom stereocenters. The number of fused-ring (bicyclic) bond motifs is 12. The quantitative estimate of drug-likeness (QED) is 0.171. The molecule has 0 radical (unpaired) electrons. The van der Waals surface area contributed by atoms with E-state index in [1.807, 2.05) is 0 Å². The highest BCUT2D eigenvalue weighted by Crippen LogP contribution is 2.57. The highest BCUT2D eigenvalue weighted by molar-refractivity contribution is 6.14. The molecule has 0 unspecified atom stereocenters. The van der Waals surface area contributed by atoms with E-state index in [-0.39, 0.29) is 10.8 Å². The van der Waals surface area contributed by atoms with Crippen molar-refractivity contribution in [1.29, 1.82) is 0 Å². The van der Waals surface area contributed by atoms with Gasteiger partial charge in [-0.3, -0.25) is 0 Å². The normalized spacial score (nSPS) is 15.0. The van der Waals surface area contributed by atoms with Gasteiger partial charge < -0.3 is 9.13 Å². The topological polar surface area (TPSA) is 9.86 Å². The molecule has 2 aromatic heterocycles. The molecule has 0 amide bonds. The van der Waals surface area contributed by atoms with Crippen LogP contribution < -0.4 is 0 Å². The van der Waals surface area contributed by atoms with Gasteiger partial charge in [0.15, 0.2) is 0 Å². The fourth-order valence-electron chi connectivity index (χ4n) is 10.5. The fraction of sp³-hybridized carbons (Fsp3) is 0.115. The van der Waals surface area contributed by atoms with Crippen LogP contribution in [0.4, 0.5) is 0 Å². The first-order valence-corrected chi connectivity index (χ1v) is 19.2. The van der Waals surface area contributed by atoms with Crippen molar-refractivity contribution in [3.8, 4) is 33.6 Å². The Labute approximate surface area is 314 Å². The summed E-state index contributed by atoms with van der Waals surface area (Å²) in [6.07, 6.45) is 0. The van der Waals surface area contributed by atoms with E-state index >= 15 is 0 Å². The van der Waals surface area contributed by atoms with Gasteiger partial charge in [0, 0.05) is 43.7 Å². The van der Waals surface area contributed by atoms with Crippen LogP contribution in [0.5, 0.6) is 0 Å². The molecule has 0 saturated heterocycles. The molecular formula is C52H38N2. The molecule has 54 heavy (non-hydrogen) atoms. The SMILES string of the molecule is CC1(C)c2cc(-n3c4ccccc4c4ccccc43)ccc2-c2c1cc1c3c(cccc23)C(C)(C)c2cc(-n3c4ccccc4c4ccccc43)ccc2-1. The maximum Gasteiger partial charge on any atom is 0.0541 e. The number of rotatable bonds is 2. The van der Waals surface area contributed by atoms with Crippen LogP contribution in [0.1, 0.15) is 49.9 Å². The van der Waals surface area contributed by atoms with Crippen molar-refractivity contribution in [2.75, 3.05) is 0 Å². The summed E-state index contributed by atoms with van der Waals surface area (Å²) in [6, 6.07) is 59.3. The monoisotopic (exact) mass is 690 g/mol. The van der Waals surface area contributed by atoms with Gasteiger partial charge in [0.2, 0.25) is 0 Å². The third kappa shape index (κ3) is 3.66. The number of hydrogen-bond acceptors (Lipinski definition) is 0. The number of para-hydroxylation sites is 4. The van der Waals surface area contributed by atoms with Crippen LogP contribution in [0.3, 0.4) is 0 Å². The Morgan fingerprint density at radius 2 is 0.759 bits per heavy atom. The highest BCUT2D eigenvalue weighted by Gasteiger charge is 2.41. The molecular weight excluding hydrogens is 653 g/mol. The average molecular weight is 691 g/mol. The number of benzene rings is 8. The van der Waals surface area contributed by atoms with Crippen molar-refractivity contribution < 1.29 is 0 Å². The van der Waals surface area contributed by atoms with Gasteiger partial charge in [0.1, 0.15) is 0 Å². The average Bonchev–Trinajstić information content (AvgIpc) is 3.80. The summed E-state index contributed by atoms with van der Waals surface area (Å²) >= 11 is 0. The minimum atomic E-state index is -0.192. The Bertz CT molecular complexity index is 3170. The van der Waals surface area contributed by atoms with E-state index in [0.717, 1.165) is 0 Å². The van der Waals surface area contributed by atoms with E-state index in [1.165, 1.54) is 110 Å². The lowest BCUT2D eigenvalue weighted by Crippen LogP contribution is -2.24. The molecule has 2 heteroatoms. The summed E-state index contributed by atoms with van der Waals surface area (Å²) in [5, 5.41) is 7.92. The summed E-state index contributed by atoms with van der Waals surface area (Å²) in [6.45, 7) is 9.69. The molecule has 2 aliphatic carbocycles. The minimum Gasteiger partial charge on any atom is -0.309 e. The second-order valence-electron chi connectivity index (χ2n) is 16.5. The van der Waals surface area contributed by atoms with E-state index in [4.69, 9.17) is 0 Å². The zero-order valence-electron chi connectivity index (χ0n) is 30.9. The summed E-state index contributed by atoms with van der Waals surface area (Å²) in [5.41, 5.74) is 18.0. The number of hydrogen-bond donors (Lipinski definition) is 0. The highest BCUT2D eigenvalue weighted by atomic mass is 15.0. The molecule has 12 rings (SSSR count). The van der Waals surface area contributed by atoms with E-state index < -0.39 is 0 Å². The maximum atomic E-state index is 2.55. The predicted molar refractivity (Wildman–Crippen MR) is 228 cm³/mol. The van der Waals surface area contributed by atoms with Gasteiger partial charge in [-0.1, -0.05) is 131 Å². The molecule has 2 nitrogen and oxygen atoms in total. The lowest BCUT2D eigenvalue weighted by molar-refractivity contribution is 0.643. The first-order chi connectivity index (χ1) is 26.3. The Hall–Kier alpha value is -6.38. The summed E-state index contributed by atoms with van der Waals surface area (Å²) in [7, 11) is 0. The third-order valence-corrected chi connectivity index (χ3v) is 13.1. The van der Waals surface area contributed by atoms with Gasteiger partial charge in [-0.15, -0.1) is 0 Å². The van der Waals surface area contributed by atoms with E-state index in [2.05, 4.69) is 195 Å². The Morgan fingerprint density at radius 1 is 0.333 bits per heavy atom. The molecule has 0 saturated carbocycles. The lowest BCUT2D eigenvalue weighted by Gasteiger charge is -2.36. The van der Waals surface area contributed by atoms with Crippen molar-refractivity contribution in [3.05, 3.63) is 180 Å². The van der Waals surface area contributed by atoms with E-state index in [9.17, 15) is 0 Å². The van der Waals surface area contributed by atoms with Crippen LogP contribution in [0.15, 0.2) is 158 Å². The summed E-state index contributed by atoms with van der Waals surface area (Å²) in [4.78, 5) is 0. The largest absolute Gasteiger partial charge is 0.309 e. The van der Waals surface area contributed by atoms with Crippen LogP contribution >= 0.6 is 0 Å². The Balaban J connectivity index is 1.08. The third-order valence-electron chi connectivity index (χ3n) is 13.1. The van der Waals surface area contributed by atoms with Crippen LogP contribution in [0, 0.1) is 0 Å². The molecule has 0 N–H and O–H groups in total. The van der Waals surface area contributed by atoms with Crippen molar-refractivity contribution in [2.45, 2.75) is 38.5 Å². The van der Waals surface area contributed by atoms with Gasteiger partial charge in [0.05, 0.1) is 22.1 Å². The zero-order valence-corrected chi connectivity index (χ0v) is 30.9. The van der Waals surface area contributed by atoms with Crippen LogP contribution in [0.2, 0.25) is 0 Å². The molecule has 0 spiro atoms. The minimum absolute atomic E-state index is 0.184. The molecule has 2 heterocycles. The van der Waals surface area contributed by atoms with Crippen molar-refractivity contribution >= 4 is 54.4 Å². The lowest BCUT2D eigenvalue weighted by atomic mass is 9.67. The zero-order chi connectivity index (χ0) is 36.1. The first kappa shape index (κ1) is 30.1. The Morgan fingerprint density at radius 3 is 1.28 bits per heavy atom. The molecule has 0 fully saturated rings. The number of aromatic nitrogens is 2. The standard InChI is InChI=1S/C52H38N2/c1-51(2)41-19-13-18-39-49-38-27-25-32(54-47-22-11-7-16-36(47)37-17-8-12-23-48(37)54)29-43(38)52(3,4)44(49)30-40(50(39)41)33-26-24-31(28-42(33)51)53-45-20-9-5-14-34(45)35-15-6-10-21-46(35)53/h5-30H,1-4H3. The predicted octanol–water partition coefficient (Wildman–Crippen LogP) is 13.6. The summed E-state index contributed by atoms with van der Waals surface area (Å²) in [5.74, 6) is 0. The molecule has 0 bridgehead atoms. The maximum absolute atomic E-state index is 2.55. The smallest absolute Gasteiger partial charge is 0.0541 e. The van der Waals surface area contributed by atoms with Gasteiger partial charge >= 0.3 is 0 Å². The second kappa shape index (κ2) is 10.2. The second-order valence-corrected chi connectivity index (χ2v) is 16.5. The van der Waals surface area contributed by atoms with Crippen LogP contribution in [-0.2, 0) is 10.8 Å². The van der Waals surface area contributed by atoms with Crippen molar-refractivity contribution in [2.24, 2.45) is 0 Å². The molecule has 256 valence electrons. The molecule has 0 aliphatic heterocycles. The molecule has 2 aliphatic rings. The van der Waals surface area contributed by atoms with Gasteiger partial charge in [-0.25, -0.2) is 0 Å².